The van der Waals surface area contributed by atoms with Crippen molar-refractivity contribution < 1.29 is 19.0 Å². The van der Waals surface area contributed by atoms with Crippen molar-refractivity contribution in [1.82, 2.24) is 9.55 Å². The summed E-state index contributed by atoms with van der Waals surface area (Å²) >= 11 is 4.33. The van der Waals surface area contributed by atoms with Crippen molar-refractivity contribution >= 4 is 18.5 Å². The molecule has 0 amide bonds. The van der Waals surface area contributed by atoms with Gasteiger partial charge in [-0.15, -0.1) is 0 Å². The van der Waals surface area contributed by atoms with Gasteiger partial charge in [0.25, 0.3) is 5.56 Å². The molecule has 1 aromatic heterocycles. The molecule has 106 valence electrons. The minimum absolute atomic E-state index is 0.0428. The Bertz CT molecular complexity index is 607. The van der Waals surface area contributed by atoms with E-state index in [4.69, 9.17) is 19.0 Å². The molecule has 2 atom stereocenters. The molecule has 0 saturated carbocycles. The summed E-state index contributed by atoms with van der Waals surface area (Å²) < 4.78 is 11.5. The maximum absolute atomic E-state index is 11.6. The highest BCUT2D eigenvalue weighted by Gasteiger charge is 2.28. The van der Waals surface area contributed by atoms with Crippen LogP contribution in [-0.2, 0) is 21.1 Å². The number of nitrogens with one attached hydrogen (secondary N) is 1. The fraction of sp³-hybridized carbons (Fsp3) is 0.556. The molecule has 1 aliphatic heterocycles. The van der Waals surface area contributed by atoms with Gasteiger partial charge in [0.2, 0.25) is 0 Å². The summed E-state index contributed by atoms with van der Waals surface area (Å²) in [6, 6.07) is 1.23. The van der Waals surface area contributed by atoms with Crippen LogP contribution in [0.15, 0.2) is 21.9 Å². The molecule has 1 fully saturated rings. The monoisotopic (exact) mass is 308 g/mol. The zero-order chi connectivity index (χ0) is 14.0. The summed E-state index contributed by atoms with van der Waals surface area (Å²) in [5.41, 5.74) is -1.02. The Labute approximate surface area is 112 Å². The van der Waals surface area contributed by atoms with Gasteiger partial charge >= 0.3 is 12.4 Å². The van der Waals surface area contributed by atoms with E-state index < -0.39 is 24.2 Å². The van der Waals surface area contributed by atoms with Gasteiger partial charge in [0.15, 0.2) is 0 Å². The van der Waals surface area contributed by atoms with Gasteiger partial charge in [0, 0.05) is 12.3 Å². The minimum atomic E-state index is -3.69. The Kier molecular flexibility index (Phi) is 4.34. The molecule has 0 aliphatic carbocycles. The Morgan fingerprint density at radius 2 is 2.26 bits per heavy atom. The summed E-state index contributed by atoms with van der Waals surface area (Å²) in [4.78, 5) is 42.5. The molecular weight excluding hydrogens is 295 g/mol. The molecule has 19 heavy (non-hydrogen) atoms. The molecule has 2 heterocycles. The summed E-state index contributed by atoms with van der Waals surface area (Å²) in [6.45, 7) is -3.73. The van der Waals surface area contributed by atoms with E-state index in [1.165, 1.54) is 16.8 Å². The second kappa shape index (κ2) is 5.66. The van der Waals surface area contributed by atoms with Crippen LogP contribution in [-0.4, -0.2) is 32.0 Å². The van der Waals surface area contributed by atoms with Crippen LogP contribution in [0.4, 0.5) is 0 Å². The van der Waals surface area contributed by atoms with Crippen molar-refractivity contribution in [3.8, 4) is 0 Å². The third-order valence-electron chi connectivity index (χ3n) is 2.68. The summed E-state index contributed by atoms with van der Waals surface area (Å²) in [6.07, 6.45) is 1.63. The third kappa shape index (κ3) is 4.07. The van der Waals surface area contributed by atoms with Crippen LogP contribution in [0.2, 0.25) is 0 Å². The highest BCUT2D eigenvalue weighted by atomic mass is 32.5. The van der Waals surface area contributed by atoms with Crippen molar-refractivity contribution in [1.29, 1.82) is 0 Å². The normalized spacial score (nSPS) is 23.7. The lowest BCUT2D eigenvalue weighted by Crippen LogP contribution is -2.31. The van der Waals surface area contributed by atoms with E-state index in [2.05, 4.69) is 16.8 Å². The van der Waals surface area contributed by atoms with Gasteiger partial charge in [-0.05, 0) is 24.6 Å². The second-order valence-corrected chi connectivity index (χ2v) is 6.76. The molecule has 8 nitrogen and oxygen atoms in total. The highest BCUT2D eigenvalue weighted by Crippen LogP contribution is 2.38. The summed E-state index contributed by atoms with van der Waals surface area (Å²) in [5.74, 6) is 0. The van der Waals surface area contributed by atoms with Crippen LogP contribution in [0.3, 0.4) is 0 Å². The van der Waals surface area contributed by atoms with E-state index in [0.29, 0.717) is 12.8 Å². The number of aromatic amines is 1. The maximum atomic E-state index is 11.6. The smallest absolute Gasteiger partial charge is 0.330 e. The van der Waals surface area contributed by atoms with Gasteiger partial charge in [0.1, 0.15) is 6.23 Å². The Morgan fingerprint density at radius 1 is 1.53 bits per heavy atom. The predicted octanol–water partition coefficient (Wildman–Crippen LogP) is -0.560. The minimum Gasteiger partial charge on any atom is -0.352 e. The van der Waals surface area contributed by atoms with E-state index in [-0.39, 0.29) is 12.7 Å². The number of nitrogens with zero attached hydrogens (tertiary/aromatic N) is 1. The molecule has 1 saturated heterocycles. The van der Waals surface area contributed by atoms with Crippen LogP contribution >= 0.6 is 6.72 Å². The van der Waals surface area contributed by atoms with Crippen LogP contribution in [0.1, 0.15) is 19.1 Å². The lowest BCUT2D eigenvalue weighted by Gasteiger charge is -2.16. The number of aromatic nitrogens is 2. The van der Waals surface area contributed by atoms with E-state index in [1.807, 2.05) is 0 Å². The average molecular weight is 308 g/mol. The fourth-order valence-corrected chi connectivity index (χ4v) is 2.39. The third-order valence-corrected chi connectivity index (χ3v) is 3.48. The van der Waals surface area contributed by atoms with Crippen molar-refractivity contribution in [2.45, 2.75) is 25.2 Å². The highest BCUT2D eigenvalue weighted by molar-refractivity contribution is 8.06. The topological polar surface area (TPSA) is 114 Å². The molecule has 1 aromatic rings. The molecule has 0 aromatic carbocycles. The number of H-pyrrole nitrogens is 1. The van der Waals surface area contributed by atoms with E-state index in [0.717, 1.165) is 0 Å². The maximum Gasteiger partial charge on any atom is 0.330 e. The number of rotatable bonds is 4. The van der Waals surface area contributed by atoms with E-state index in [9.17, 15) is 9.59 Å². The second-order valence-electron chi connectivity index (χ2n) is 4.09. The van der Waals surface area contributed by atoms with E-state index in [1.54, 1.807) is 0 Å². The molecule has 0 unspecified atom stereocenters. The Hall–Kier alpha value is -0.830. The standard InChI is InChI=1S/C9H13N2O6PS/c12-7-3-4-11(9(13)10-7)8-2-1-6(17-8)5-16-18(14,15)19/h3-4,6,8H,1-2,5H2,(H,10,12,13)(H2,14,15,19)/t6-,8+/m0/s1. The van der Waals surface area contributed by atoms with Crippen LogP contribution in [0.5, 0.6) is 0 Å². The average Bonchev–Trinajstić information content (AvgIpc) is 2.74. The lowest BCUT2D eigenvalue weighted by molar-refractivity contribution is -0.0218. The van der Waals surface area contributed by atoms with Gasteiger partial charge in [-0.2, -0.15) is 0 Å². The first-order valence-electron chi connectivity index (χ1n) is 5.52. The van der Waals surface area contributed by atoms with Crippen LogP contribution in [0, 0.1) is 0 Å². The van der Waals surface area contributed by atoms with Crippen molar-refractivity contribution in [2.75, 3.05) is 6.61 Å². The molecule has 1 aliphatic rings. The number of ether oxygens (including phenoxy) is 1. The SMILES string of the molecule is O=c1ccn([C@H]2CC[C@@H](COP(O)(O)=S)O2)c(=O)[nH]1. The van der Waals surface area contributed by atoms with Gasteiger partial charge < -0.3 is 19.0 Å². The van der Waals surface area contributed by atoms with Gasteiger partial charge in [0.05, 0.1) is 12.7 Å². The van der Waals surface area contributed by atoms with Crippen molar-refractivity contribution in [2.24, 2.45) is 0 Å². The molecule has 0 spiro atoms. The molecule has 0 bridgehead atoms. The summed E-state index contributed by atoms with van der Waals surface area (Å²) in [7, 11) is 0. The number of hydrogen-bond donors (Lipinski definition) is 3. The van der Waals surface area contributed by atoms with Crippen molar-refractivity contribution in [3.05, 3.63) is 33.1 Å². The first kappa shape index (κ1) is 14.6. The predicted molar refractivity (Wildman–Crippen MR) is 69.1 cm³/mol. The van der Waals surface area contributed by atoms with Crippen molar-refractivity contribution in [3.63, 3.8) is 0 Å². The van der Waals surface area contributed by atoms with Gasteiger partial charge in [-0.25, -0.2) is 4.79 Å². The molecule has 2 rings (SSSR count). The number of hydrogen-bond acceptors (Lipinski definition) is 5. The lowest BCUT2D eigenvalue weighted by atomic mass is 10.2. The molecule has 0 radical (unpaired) electrons. The van der Waals surface area contributed by atoms with Crippen LogP contribution in [0.25, 0.3) is 0 Å². The summed E-state index contributed by atoms with van der Waals surface area (Å²) in [5, 5.41) is 0. The molecule has 10 heteroatoms. The van der Waals surface area contributed by atoms with Gasteiger partial charge in [-0.3, -0.25) is 14.3 Å². The Balaban J connectivity index is 2.00. The quantitative estimate of drug-likeness (QED) is 0.639. The first-order valence-corrected chi connectivity index (χ1v) is 8.15. The molecular formula is C9H13N2O6PS. The van der Waals surface area contributed by atoms with Crippen LogP contribution < -0.4 is 11.2 Å². The fourth-order valence-electron chi connectivity index (χ4n) is 1.85. The first-order chi connectivity index (χ1) is 8.85. The zero-order valence-electron chi connectivity index (χ0n) is 9.76. The largest absolute Gasteiger partial charge is 0.352 e. The van der Waals surface area contributed by atoms with E-state index >= 15 is 0 Å². The Morgan fingerprint density at radius 3 is 2.89 bits per heavy atom. The van der Waals surface area contributed by atoms with Gasteiger partial charge in [-0.1, -0.05) is 0 Å². The zero-order valence-corrected chi connectivity index (χ0v) is 11.5. The molecule has 3 N–H and O–H groups in total.